The Morgan fingerprint density at radius 2 is 1.68 bits per heavy atom. The first-order chi connectivity index (χ1) is 9.08. The number of nitrogens with two attached hydrogens (primary N) is 1. The summed E-state index contributed by atoms with van der Waals surface area (Å²) in [4.78, 5) is 0.222. The number of sulfonamides is 1. The Morgan fingerprint density at radius 3 is 2.32 bits per heavy atom. The maximum absolute atomic E-state index is 12.0. The first-order valence-electron chi connectivity index (χ1n) is 5.87. The molecule has 6 heteroatoms. The molecule has 0 aliphatic carbocycles. The van der Waals surface area contributed by atoms with Crippen molar-refractivity contribution in [1.29, 1.82) is 0 Å². The lowest BCUT2D eigenvalue weighted by Crippen LogP contribution is -2.39. The number of hydrogen-bond acceptors (Lipinski definition) is 3. The van der Waals surface area contributed by atoms with E-state index in [0.717, 1.165) is 0 Å². The molecule has 2 rings (SSSR count). The highest BCUT2D eigenvalue weighted by Crippen LogP contribution is 2.10. The molecule has 0 amide bonds. The molecule has 100 valence electrons. The fraction of sp³-hybridized carbons (Fsp3) is 0.154. The van der Waals surface area contributed by atoms with E-state index in [2.05, 4.69) is 4.72 Å². The number of pyridine rings is 1. The molecule has 5 nitrogen and oxygen atoms in total. The second-order valence-electron chi connectivity index (χ2n) is 4.08. The molecule has 0 aliphatic rings. The lowest BCUT2D eigenvalue weighted by molar-refractivity contribution is -0.694. The summed E-state index contributed by atoms with van der Waals surface area (Å²) in [5, 5.41) is 0. The van der Waals surface area contributed by atoms with Gasteiger partial charge in [0.15, 0.2) is 18.9 Å². The molecular formula is C13H16N3O2S+. The summed E-state index contributed by atoms with van der Waals surface area (Å²) in [6.07, 6.45) is 3.77. The molecule has 1 aromatic carbocycles. The van der Waals surface area contributed by atoms with E-state index >= 15 is 0 Å². The van der Waals surface area contributed by atoms with Crippen molar-refractivity contribution in [3.8, 4) is 0 Å². The summed E-state index contributed by atoms with van der Waals surface area (Å²) >= 11 is 0. The number of anilines is 1. The van der Waals surface area contributed by atoms with Gasteiger partial charge in [0.25, 0.3) is 0 Å². The molecule has 0 spiro atoms. The maximum Gasteiger partial charge on any atom is 0.240 e. The zero-order valence-corrected chi connectivity index (χ0v) is 11.2. The quantitative estimate of drug-likeness (QED) is 0.619. The van der Waals surface area contributed by atoms with E-state index in [1.807, 2.05) is 35.2 Å². The largest absolute Gasteiger partial charge is 0.399 e. The smallest absolute Gasteiger partial charge is 0.240 e. The van der Waals surface area contributed by atoms with Crippen molar-refractivity contribution < 1.29 is 13.0 Å². The summed E-state index contributed by atoms with van der Waals surface area (Å²) < 4.78 is 28.4. The van der Waals surface area contributed by atoms with Crippen LogP contribution >= 0.6 is 0 Å². The van der Waals surface area contributed by atoms with Gasteiger partial charge in [0.05, 0.1) is 11.4 Å². The normalized spacial score (nSPS) is 11.4. The summed E-state index contributed by atoms with van der Waals surface area (Å²) in [6.45, 7) is 0.913. The van der Waals surface area contributed by atoms with Crippen LogP contribution in [0.4, 0.5) is 5.69 Å². The van der Waals surface area contributed by atoms with Gasteiger partial charge in [-0.1, -0.05) is 6.07 Å². The van der Waals surface area contributed by atoms with Gasteiger partial charge in [0.2, 0.25) is 10.0 Å². The van der Waals surface area contributed by atoms with Crippen LogP contribution < -0.4 is 15.0 Å². The minimum atomic E-state index is -3.47. The standard InChI is InChI=1S/C13H16N3O2S/c14-12-4-6-13(7-5-12)19(17,18)15-8-11-16-9-2-1-3-10-16/h1-7,9-10,15H,8,11,14H2/q+1. The third-order valence-corrected chi connectivity index (χ3v) is 4.11. The average Bonchev–Trinajstić information content (AvgIpc) is 2.40. The minimum absolute atomic E-state index is 0.222. The fourth-order valence-corrected chi connectivity index (χ4v) is 2.64. The van der Waals surface area contributed by atoms with Crippen molar-refractivity contribution in [2.24, 2.45) is 0 Å². The van der Waals surface area contributed by atoms with Crippen LogP contribution in [0.5, 0.6) is 0 Å². The van der Waals surface area contributed by atoms with Gasteiger partial charge in [-0.25, -0.2) is 17.7 Å². The molecule has 0 atom stereocenters. The second kappa shape index (κ2) is 5.81. The molecule has 1 aromatic heterocycles. The summed E-state index contributed by atoms with van der Waals surface area (Å²) in [5.74, 6) is 0. The zero-order chi connectivity index (χ0) is 13.7. The van der Waals surface area contributed by atoms with Gasteiger partial charge < -0.3 is 5.73 Å². The SMILES string of the molecule is Nc1ccc(S(=O)(=O)NCC[n+]2ccccc2)cc1. The monoisotopic (exact) mass is 278 g/mol. The molecule has 0 unspecified atom stereocenters. The van der Waals surface area contributed by atoms with Crippen LogP contribution in [-0.2, 0) is 16.6 Å². The Kier molecular flexibility index (Phi) is 4.13. The van der Waals surface area contributed by atoms with Crippen molar-refractivity contribution in [1.82, 2.24) is 4.72 Å². The van der Waals surface area contributed by atoms with Gasteiger partial charge in [-0.2, -0.15) is 0 Å². The third-order valence-electron chi connectivity index (χ3n) is 2.63. The van der Waals surface area contributed by atoms with Crippen molar-refractivity contribution in [3.63, 3.8) is 0 Å². The van der Waals surface area contributed by atoms with Gasteiger partial charge in [0.1, 0.15) is 0 Å². The van der Waals surface area contributed by atoms with Crippen LogP contribution in [0, 0.1) is 0 Å². The van der Waals surface area contributed by atoms with Crippen molar-refractivity contribution in [2.75, 3.05) is 12.3 Å². The Bertz CT molecular complexity index is 625. The Labute approximate surface area is 112 Å². The summed E-state index contributed by atoms with van der Waals surface area (Å²) in [5.41, 5.74) is 6.07. The average molecular weight is 278 g/mol. The molecule has 2 aromatic rings. The molecule has 3 N–H and O–H groups in total. The number of hydrogen-bond donors (Lipinski definition) is 2. The van der Waals surface area contributed by atoms with E-state index in [-0.39, 0.29) is 4.90 Å². The predicted octanol–water partition coefficient (Wildman–Crippen LogP) is 0.535. The van der Waals surface area contributed by atoms with E-state index in [9.17, 15) is 8.42 Å². The summed E-state index contributed by atoms with van der Waals surface area (Å²) in [7, 11) is -3.47. The minimum Gasteiger partial charge on any atom is -0.399 e. The zero-order valence-electron chi connectivity index (χ0n) is 10.4. The van der Waals surface area contributed by atoms with Crippen molar-refractivity contribution in [2.45, 2.75) is 11.4 Å². The van der Waals surface area contributed by atoms with E-state index in [4.69, 9.17) is 5.73 Å². The van der Waals surface area contributed by atoms with Gasteiger partial charge in [0, 0.05) is 17.8 Å². The highest BCUT2D eigenvalue weighted by Gasteiger charge is 2.13. The van der Waals surface area contributed by atoms with Crippen LogP contribution in [0.15, 0.2) is 59.8 Å². The second-order valence-corrected chi connectivity index (χ2v) is 5.85. The van der Waals surface area contributed by atoms with E-state index in [0.29, 0.717) is 18.8 Å². The first kappa shape index (κ1) is 13.5. The van der Waals surface area contributed by atoms with Crippen LogP contribution in [-0.4, -0.2) is 15.0 Å². The number of aromatic nitrogens is 1. The Morgan fingerprint density at radius 1 is 1.05 bits per heavy atom. The van der Waals surface area contributed by atoms with Crippen LogP contribution in [0.1, 0.15) is 0 Å². The van der Waals surface area contributed by atoms with Crippen molar-refractivity contribution in [3.05, 3.63) is 54.9 Å². The van der Waals surface area contributed by atoms with Gasteiger partial charge in [-0.3, -0.25) is 0 Å². The van der Waals surface area contributed by atoms with E-state index in [1.54, 1.807) is 12.1 Å². The molecule has 0 fully saturated rings. The predicted molar refractivity (Wildman–Crippen MR) is 72.7 cm³/mol. The number of rotatable bonds is 5. The molecule has 0 aliphatic heterocycles. The highest BCUT2D eigenvalue weighted by molar-refractivity contribution is 7.89. The molecule has 0 bridgehead atoms. The summed E-state index contributed by atoms with van der Waals surface area (Å²) in [6, 6.07) is 11.8. The number of nitrogens with zero attached hydrogens (tertiary/aromatic N) is 1. The molecule has 0 saturated heterocycles. The maximum atomic E-state index is 12.0. The fourth-order valence-electron chi connectivity index (χ4n) is 1.62. The lowest BCUT2D eigenvalue weighted by Gasteiger charge is -2.05. The molecule has 1 heterocycles. The van der Waals surface area contributed by atoms with Crippen LogP contribution in [0.25, 0.3) is 0 Å². The number of nitrogens with one attached hydrogen (secondary N) is 1. The lowest BCUT2D eigenvalue weighted by atomic mass is 10.3. The van der Waals surface area contributed by atoms with Crippen LogP contribution in [0.2, 0.25) is 0 Å². The van der Waals surface area contributed by atoms with Crippen LogP contribution in [0.3, 0.4) is 0 Å². The van der Waals surface area contributed by atoms with E-state index < -0.39 is 10.0 Å². The molecule has 0 radical (unpaired) electrons. The molecular weight excluding hydrogens is 262 g/mol. The van der Waals surface area contributed by atoms with Crippen molar-refractivity contribution >= 4 is 15.7 Å². The third kappa shape index (κ3) is 3.77. The highest BCUT2D eigenvalue weighted by atomic mass is 32.2. The number of nitrogen functional groups attached to an aromatic ring is 1. The van der Waals surface area contributed by atoms with E-state index in [1.165, 1.54) is 12.1 Å². The number of benzene rings is 1. The Balaban J connectivity index is 1.97. The Hall–Kier alpha value is -1.92. The topological polar surface area (TPSA) is 76.1 Å². The molecule has 19 heavy (non-hydrogen) atoms. The first-order valence-corrected chi connectivity index (χ1v) is 7.35. The molecule has 0 saturated carbocycles. The van der Waals surface area contributed by atoms with Gasteiger partial charge >= 0.3 is 0 Å². The van der Waals surface area contributed by atoms with Gasteiger partial charge in [-0.05, 0) is 24.3 Å². The van der Waals surface area contributed by atoms with Gasteiger partial charge in [-0.15, -0.1) is 0 Å².